The molecule has 0 aliphatic rings. The molecule has 0 bridgehead atoms. The normalized spacial score (nSPS) is 10.8. The van der Waals surface area contributed by atoms with Crippen molar-refractivity contribution in [1.82, 2.24) is 4.90 Å². The molecular formula is C15H26N4. The fraction of sp³-hybridized carbons (Fsp3) is 0.533. The van der Waals surface area contributed by atoms with Crippen LogP contribution in [0.2, 0.25) is 0 Å². The van der Waals surface area contributed by atoms with Crippen LogP contribution in [0.15, 0.2) is 18.2 Å². The molecule has 0 heterocycles. The molecule has 0 saturated carbocycles. The van der Waals surface area contributed by atoms with Crippen molar-refractivity contribution in [1.29, 1.82) is 5.41 Å². The second-order valence-corrected chi connectivity index (χ2v) is 5.17. The third kappa shape index (κ3) is 4.56. The number of nitrogen functional groups attached to an aromatic ring is 1. The van der Waals surface area contributed by atoms with Gasteiger partial charge in [-0.25, -0.2) is 0 Å². The monoisotopic (exact) mass is 262 g/mol. The van der Waals surface area contributed by atoms with Gasteiger partial charge < -0.3 is 15.5 Å². The Hall–Kier alpha value is -1.55. The van der Waals surface area contributed by atoms with Gasteiger partial charge in [0.15, 0.2) is 0 Å². The van der Waals surface area contributed by atoms with Crippen molar-refractivity contribution < 1.29 is 0 Å². The number of anilines is 1. The van der Waals surface area contributed by atoms with E-state index in [1.807, 2.05) is 13.0 Å². The topological polar surface area (TPSA) is 56.4 Å². The zero-order valence-corrected chi connectivity index (χ0v) is 12.5. The first-order chi connectivity index (χ1) is 8.95. The predicted molar refractivity (Wildman–Crippen MR) is 83.3 cm³/mol. The Morgan fingerprint density at radius 2 is 1.95 bits per heavy atom. The molecule has 1 aromatic rings. The van der Waals surface area contributed by atoms with Crippen LogP contribution in [0, 0.1) is 12.3 Å². The van der Waals surface area contributed by atoms with E-state index in [4.69, 9.17) is 11.1 Å². The second kappa shape index (κ2) is 7.14. The molecule has 0 saturated heterocycles. The van der Waals surface area contributed by atoms with Crippen LogP contribution in [-0.2, 0) is 0 Å². The van der Waals surface area contributed by atoms with Gasteiger partial charge >= 0.3 is 0 Å². The smallest absolute Gasteiger partial charge is 0.124 e. The lowest BCUT2D eigenvalue weighted by atomic mass is 10.1. The van der Waals surface area contributed by atoms with Gasteiger partial charge in [0, 0.05) is 24.3 Å². The number of rotatable bonds is 7. The van der Waals surface area contributed by atoms with Crippen LogP contribution in [0.25, 0.3) is 0 Å². The number of aryl methyl sites for hydroxylation is 1. The van der Waals surface area contributed by atoms with Crippen molar-refractivity contribution in [2.45, 2.75) is 20.3 Å². The highest BCUT2D eigenvalue weighted by molar-refractivity contribution is 6.00. The van der Waals surface area contributed by atoms with E-state index in [9.17, 15) is 0 Å². The maximum absolute atomic E-state index is 7.73. The summed E-state index contributed by atoms with van der Waals surface area (Å²) in [4.78, 5) is 4.48. The van der Waals surface area contributed by atoms with Crippen molar-refractivity contribution >= 4 is 11.5 Å². The number of hydrogen-bond acceptors (Lipinski definition) is 3. The SMILES string of the molecule is CCN(CCCN(C)C)c1ccc(C)cc1C(=N)N. The van der Waals surface area contributed by atoms with Gasteiger partial charge in [0.05, 0.1) is 0 Å². The summed E-state index contributed by atoms with van der Waals surface area (Å²) in [6.07, 6.45) is 1.10. The van der Waals surface area contributed by atoms with Crippen molar-refractivity contribution in [2.24, 2.45) is 5.73 Å². The molecule has 0 atom stereocenters. The molecular weight excluding hydrogens is 236 g/mol. The van der Waals surface area contributed by atoms with E-state index >= 15 is 0 Å². The van der Waals surface area contributed by atoms with Gasteiger partial charge in [-0.15, -0.1) is 0 Å². The summed E-state index contributed by atoms with van der Waals surface area (Å²) >= 11 is 0. The number of nitrogens with two attached hydrogens (primary N) is 1. The molecule has 3 N–H and O–H groups in total. The molecule has 0 unspecified atom stereocenters. The standard InChI is InChI=1S/C15H26N4/c1-5-19(10-6-9-18(3)4)14-8-7-12(2)11-13(14)15(16)17/h7-8,11H,5-6,9-10H2,1-4H3,(H3,16,17). The first kappa shape index (κ1) is 15.5. The molecule has 0 radical (unpaired) electrons. The van der Waals surface area contributed by atoms with Crippen LogP contribution in [0.3, 0.4) is 0 Å². The summed E-state index contributed by atoms with van der Waals surface area (Å²) in [6, 6.07) is 6.15. The zero-order chi connectivity index (χ0) is 14.4. The summed E-state index contributed by atoms with van der Waals surface area (Å²) in [5.74, 6) is 0.143. The Balaban J connectivity index is 2.88. The number of nitrogens with one attached hydrogen (secondary N) is 1. The number of amidine groups is 1. The quantitative estimate of drug-likeness (QED) is 0.584. The lowest BCUT2D eigenvalue weighted by Crippen LogP contribution is -2.29. The molecule has 1 rings (SSSR count). The minimum absolute atomic E-state index is 0.143. The molecule has 106 valence electrons. The first-order valence-electron chi connectivity index (χ1n) is 6.80. The molecule has 4 heteroatoms. The first-order valence-corrected chi connectivity index (χ1v) is 6.80. The number of hydrogen-bond donors (Lipinski definition) is 2. The Morgan fingerprint density at radius 1 is 1.26 bits per heavy atom. The molecule has 1 aromatic carbocycles. The minimum Gasteiger partial charge on any atom is -0.384 e. The average Bonchev–Trinajstić information content (AvgIpc) is 2.34. The highest BCUT2D eigenvalue weighted by atomic mass is 15.1. The number of benzene rings is 1. The summed E-state index contributed by atoms with van der Waals surface area (Å²) in [6.45, 7) is 7.14. The van der Waals surface area contributed by atoms with Crippen LogP contribution < -0.4 is 10.6 Å². The number of nitrogens with zero attached hydrogens (tertiary/aromatic N) is 2. The van der Waals surface area contributed by atoms with Crippen LogP contribution in [-0.4, -0.2) is 44.5 Å². The van der Waals surface area contributed by atoms with E-state index in [2.05, 4.69) is 43.0 Å². The van der Waals surface area contributed by atoms with Crippen LogP contribution in [0.4, 0.5) is 5.69 Å². The van der Waals surface area contributed by atoms with Crippen molar-refractivity contribution in [3.05, 3.63) is 29.3 Å². The van der Waals surface area contributed by atoms with Gasteiger partial charge in [-0.3, -0.25) is 5.41 Å². The van der Waals surface area contributed by atoms with Crippen LogP contribution >= 0.6 is 0 Å². The molecule has 0 fully saturated rings. The van der Waals surface area contributed by atoms with E-state index in [1.165, 1.54) is 0 Å². The fourth-order valence-corrected chi connectivity index (χ4v) is 2.17. The Morgan fingerprint density at radius 3 is 2.47 bits per heavy atom. The van der Waals surface area contributed by atoms with Crippen molar-refractivity contribution in [3.8, 4) is 0 Å². The molecule has 0 aliphatic carbocycles. The summed E-state index contributed by atoms with van der Waals surface area (Å²) in [7, 11) is 4.17. The van der Waals surface area contributed by atoms with Gasteiger partial charge in [-0.05, 0) is 53.0 Å². The van der Waals surface area contributed by atoms with Gasteiger partial charge in [-0.2, -0.15) is 0 Å². The van der Waals surface area contributed by atoms with E-state index in [0.717, 1.165) is 42.9 Å². The minimum atomic E-state index is 0.143. The van der Waals surface area contributed by atoms with Crippen LogP contribution in [0.5, 0.6) is 0 Å². The molecule has 0 aliphatic heterocycles. The van der Waals surface area contributed by atoms with Crippen LogP contribution in [0.1, 0.15) is 24.5 Å². The summed E-state index contributed by atoms with van der Waals surface area (Å²) < 4.78 is 0. The highest BCUT2D eigenvalue weighted by Gasteiger charge is 2.11. The van der Waals surface area contributed by atoms with Crippen molar-refractivity contribution in [2.75, 3.05) is 38.6 Å². The predicted octanol–water partition coefficient (Wildman–Crippen LogP) is 2.06. The fourth-order valence-electron chi connectivity index (χ4n) is 2.17. The average molecular weight is 262 g/mol. The van der Waals surface area contributed by atoms with Gasteiger partial charge in [0.1, 0.15) is 5.84 Å². The molecule has 19 heavy (non-hydrogen) atoms. The van der Waals surface area contributed by atoms with E-state index in [1.54, 1.807) is 0 Å². The van der Waals surface area contributed by atoms with E-state index in [0.29, 0.717) is 0 Å². The largest absolute Gasteiger partial charge is 0.384 e. The van der Waals surface area contributed by atoms with Gasteiger partial charge in [-0.1, -0.05) is 11.6 Å². The summed E-state index contributed by atoms with van der Waals surface area (Å²) in [5, 5.41) is 7.73. The second-order valence-electron chi connectivity index (χ2n) is 5.17. The Labute approximate surface area is 116 Å². The molecule has 0 amide bonds. The van der Waals surface area contributed by atoms with E-state index in [-0.39, 0.29) is 5.84 Å². The summed E-state index contributed by atoms with van der Waals surface area (Å²) in [5.41, 5.74) is 8.75. The molecule has 4 nitrogen and oxygen atoms in total. The maximum Gasteiger partial charge on any atom is 0.124 e. The zero-order valence-electron chi connectivity index (χ0n) is 12.5. The Bertz CT molecular complexity index is 426. The Kier molecular flexibility index (Phi) is 5.83. The third-order valence-corrected chi connectivity index (χ3v) is 3.20. The highest BCUT2D eigenvalue weighted by Crippen LogP contribution is 2.21. The van der Waals surface area contributed by atoms with Gasteiger partial charge in [0.2, 0.25) is 0 Å². The molecule has 0 aromatic heterocycles. The van der Waals surface area contributed by atoms with Crippen molar-refractivity contribution in [3.63, 3.8) is 0 Å². The third-order valence-electron chi connectivity index (χ3n) is 3.20. The van der Waals surface area contributed by atoms with E-state index < -0.39 is 0 Å². The maximum atomic E-state index is 7.73. The lowest BCUT2D eigenvalue weighted by Gasteiger charge is -2.26. The molecule has 0 spiro atoms. The lowest BCUT2D eigenvalue weighted by molar-refractivity contribution is 0.400. The van der Waals surface area contributed by atoms with Gasteiger partial charge in [0.25, 0.3) is 0 Å².